The number of rotatable bonds is 6. The normalized spacial score (nSPS) is 13.6. The molecule has 1 amide bonds. The maximum atomic E-state index is 12.8. The Morgan fingerprint density at radius 2 is 1.82 bits per heavy atom. The second-order valence-electron chi connectivity index (χ2n) is 3.51. The van der Waals surface area contributed by atoms with E-state index in [1.807, 2.05) is 0 Å². The Bertz CT molecular complexity index is 296. The van der Waals surface area contributed by atoms with Crippen molar-refractivity contribution in [2.24, 2.45) is 0 Å². The van der Waals surface area contributed by atoms with Crippen LogP contribution in [0.25, 0.3) is 0 Å². The number of alkyl halides is 4. The van der Waals surface area contributed by atoms with E-state index in [0.717, 1.165) is 0 Å². The summed E-state index contributed by atoms with van der Waals surface area (Å²) in [6, 6.07) is -0.858. The van der Waals surface area contributed by atoms with Gasteiger partial charge in [0.1, 0.15) is 6.54 Å². The van der Waals surface area contributed by atoms with Crippen LogP contribution in [0.5, 0.6) is 0 Å². The quantitative estimate of drug-likeness (QED) is 0.737. The van der Waals surface area contributed by atoms with Crippen molar-refractivity contribution in [1.29, 1.82) is 0 Å². The van der Waals surface area contributed by atoms with E-state index in [2.05, 4.69) is 0 Å². The highest BCUT2D eigenvalue weighted by atomic mass is 19.3. The van der Waals surface area contributed by atoms with E-state index in [4.69, 9.17) is 5.11 Å². The number of carbonyl (C=O) groups excluding carboxylic acids is 1. The Hall–Kier alpha value is -1.34. The zero-order valence-corrected chi connectivity index (χ0v) is 9.29. The van der Waals surface area contributed by atoms with Crippen molar-refractivity contribution < 1.29 is 32.3 Å². The van der Waals surface area contributed by atoms with Crippen LogP contribution in [0.2, 0.25) is 0 Å². The zero-order valence-electron chi connectivity index (χ0n) is 9.29. The molecule has 0 aliphatic rings. The van der Waals surface area contributed by atoms with E-state index in [0.29, 0.717) is 0 Å². The molecular formula is C9H13F4NO3. The number of carbonyl (C=O) groups is 2. The van der Waals surface area contributed by atoms with Crippen molar-refractivity contribution in [3.8, 4) is 0 Å². The van der Waals surface area contributed by atoms with Crippen LogP contribution in [0.4, 0.5) is 17.6 Å². The highest BCUT2D eigenvalue weighted by Crippen LogP contribution is 2.26. The van der Waals surface area contributed by atoms with Gasteiger partial charge in [0.25, 0.3) is 5.91 Å². The smallest absolute Gasteiger partial charge is 0.383 e. The van der Waals surface area contributed by atoms with Crippen LogP contribution in [0, 0.1) is 0 Å². The SMILES string of the molecule is CCC(C)N(CC(=O)O)C(=O)C(F)(F)C(F)F. The molecule has 0 spiro atoms. The molecule has 0 aliphatic heterocycles. The molecule has 0 aliphatic carbocycles. The Kier molecular flexibility index (Phi) is 5.37. The van der Waals surface area contributed by atoms with Crippen molar-refractivity contribution in [3.63, 3.8) is 0 Å². The molecule has 0 aromatic heterocycles. The number of carboxylic acids is 1. The van der Waals surface area contributed by atoms with Gasteiger partial charge in [0.05, 0.1) is 0 Å². The van der Waals surface area contributed by atoms with Crippen molar-refractivity contribution in [3.05, 3.63) is 0 Å². The van der Waals surface area contributed by atoms with Crippen LogP contribution in [-0.2, 0) is 9.59 Å². The van der Waals surface area contributed by atoms with Gasteiger partial charge in [0.2, 0.25) is 0 Å². The third-order valence-electron chi connectivity index (χ3n) is 2.25. The minimum atomic E-state index is -4.86. The lowest BCUT2D eigenvalue weighted by atomic mass is 10.2. The molecule has 1 N–H and O–H groups in total. The molecule has 1 unspecified atom stereocenters. The molecule has 0 bridgehead atoms. The van der Waals surface area contributed by atoms with Gasteiger partial charge in [0.15, 0.2) is 0 Å². The highest BCUT2D eigenvalue weighted by molar-refractivity contribution is 5.87. The molecule has 0 saturated heterocycles. The molecule has 0 heterocycles. The fraction of sp³-hybridized carbons (Fsp3) is 0.778. The Morgan fingerprint density at radius 3 is 2.12 bits per heavy atom. The summed E-state index contributed by atoms with van der Waals surface area (Å²) in [4.78, 5) is 21.8. The van der Waals surface area contributed by atoms with Gasteiger partial charge < -0.3 is 10.0 Å². The molecule has 100 valence electrons. The van der Waals surface area contributed by atoms with Crippen LogP contribution < -0.4 is 0 Å². The molecule has 1 atom stereocenters. The lowest BCUT2D eigenvalue weighted by Gasteiger charge is -2.29. The number of nitrogens with zero attached hydrogens (tertiary/aromatic N) is 1. The standard InChI is InChI=1S/C9H13F4NO3/c1-3-5(2)14(4-6(15)16)8(17)9(12,13)7(10)11/h5,7H,3-4H2,1-2H3,(H,15,16). The van der Waals surface area contributed by atoms with E-state index in [1.165, 1.54) is 13.8 Å². The topological polar surface area (TPSA) is 57.6 Å². The van der Waals surface area contributed by atoms with Crippen molar-refractivity contribution in [2.75, 3.05) is 6.54 Å². The van der Waals surface area contributed by atoms with Gasteiger partial charge in [-0.3, -0.25) is 9.59 Å². The van der Waals surface area contributed by atoms with Gasteiger partial charge in [-0.25, -0.2) is 8.78 Å². The zero-order chi connectivity index (χ0) is 13.8. The summed E-state index contributed by atoms with van der Waals surface area (Å²) < 4.78 is 49.6. The highest BCUT2D eigenvalue weighted by Gasteiger charge is 2.52. The van der Waals surface area contributed by atoms with Gasteiger partial charge >= 0.3 is 18.3 Å². The number of amides is 1. The molecule has 0 saturated carbocycles. The van der Waals surface area contributed by atoms with Crippen LogP contribution >= 0.6 is 0 Å². The largest absolute Gasteiger partial charge is 0.480 e. The lowest BCUT2D eigenvalue weighted by Crippen LogP contribution is -2.52. The summed E-state index contributed by atoms with van der Waals surface area (Å²) >= 11 is 0. The maximum Gasteiger partial charge on any atom is 0.383 e. The number of aliphatic carboxylic acids is 1. The third-order valence-corrected chi connectivity index (χ3v) is 2.25. The second kappa shape index (κ2) is 5.83. The van der Waals surface area contributed by atoms with Crippen LogP contribution in [0.15, 0.2) is 0 Å². The molecule has 0 aromatic rings. The first kappa shape index (κ1) is 15.7. The van der Waals surface area contributed by atoms with Crippen LogP contribution in [-0.4, -0.2) is 46.8 Å². The maximum absolute atomic E-state index is 12.8. The van der Waals surface area contributed by atoms with Crippen LogP contribution in [0.3, 0.4) is 0 Å². The Morgan fingerprint density at radius 1 is 1.35 bits per heavy atom. The summed E-state index contributed by atoms with van der Waals surface area (Å²) in [7, 11) is 0. The molecular weight excluding hydrogens is 246 g/mol. The molecule has 4 nitrogen and oxygen atoms in total. The summed E-state index contributed by atoms with van der Waals surface area (Å²) in [6.45, 7) is 1.80. The van der Waals surface area contributed by atoms with E-state index in [-0.39, 0.29) is 11.3 Å². The number of hydrogen-bond acceptors (Lipinski definition) is 2. The first-order valence-corrected chi connectivity index (χ1v) is 4.83. The minimum Gasteiger partial charge on any atom is -0.480 e. The van der Waals surface area contributed by atoms with Crippen LogP contribution in [0.1, 0.15) is 20.3 Å². The van der Waals surface area contributed by atoms with Crippen molar-refractivity contribution >= 4 is 11.9 Å². The van der Waals surface area contributed by atoms with Gasteiger partial charge in [-0.05, 0) is 13.3 Å². The van der Waals surface area contributed by atoms with Crippen molar-refractivity contribution in [1.82, 2.24) is 4.90 Å². The third kappa shape index (κ3) is 3.86. The summed E-state index contributed by atoms with van der Waals surface area (Å²) in [5, 5.41) is 8.46. The number of carboxylic acid groups (broad SMARTS) is 1. The molecule has 17 heavy (non-hydrogen) atoms. The number of hydrogen-bond donors (Lipinski definition) is 1. The first-order chi connectivity index (χ1) is 7.64. The van der Waals surface area contributed by atoms with Gasteiger partial charge in [0, 0.05) is 6.04 Å². The Balaban J connectivity index is 5.05. The predicted molar refractivity (Wildman–Crippen MR) is 50.1 cm³/mol. The predicted octanol–water partition coefficient (Wildman–Crippen LogP) is 1.60. The Labute approximate surface area is 95.2 Å². The van der Waals surface area contributed by atoms with Crippen molar-refractivity contribution in [2.45, 2.75) is 38.7 Å². The number of halogens is 4. The summed E-state index contributed by atoms with van der Waals surface area (Å²) in [5.74, 6) is -8.56. The minimum absolute atomic E-state index is 0.179. The molecule has 0 aromatic carbocycles. The van der Waals surface area contributed by atoms with E-state index in [1.54, 1.807) is 0 Å². The molecule has 8 heteroatoms. The van der Waals surface area contributed by atoms with Gasteiger partial charge in [-0.15, -0.1) is 0 Å². The van der Waals surface area contributed by atoms with E-state index < -0.39 is 36.8 Å². The fourth-order valence-electron chi connectivity index (χ4n) is 1.08. The average Bonchev–Trinajstić information content (AvgIpc) is 2.23. The fourth-order valence-corrected chi connectivity index (χ4v) is 1.08. The van der Waals surface area contributed by atoms with E-state index >= 15 is 0 Å². The van der Waals surface area contributed by atoms with Gasteiger partial charge in [-0.1, -0.05) is 6.92 Å². The summed E-state index contributed by atoms with van der Waals surface area (Å²) in [5.41, 5.74) is 0. The molecule has 0 fully saturated rings. The summed E-state index contributed by atoms with van der Waals surface area (Å²) in [6.07, 6.45) is -3.98. The van der Waals surface area contributed by atoms with Gasteiger partial charge in [-0.2, -0.15) is 8.78 Å². The second-order valence-corrected chi connectivity index (χ2v) is 3.51. The average molecular weight is 259 g/mol. The molecule has 0 radical (unpaired) electrons. The lowest BCUT2D eigenvalue weighted by molar-refractivity contribution is -0.184. The monoisotopic (exact) mass is 259 g/mol. The first-order valence-electron chi connectivity index (χ1n) is 4.83. The van der Waals surface area contributed by atoms with E-state index in [9.17, 15) is 27.2 Å². The molecule has 0 rings (SSSR count).